The molecule has 0 aromatic heterocycles. The molecule has 4 rings (SSSR count). The normalized spacial score (nSPS) is 19.6. The van der Waals surface area contributed by atoms with Crippen molar-refractivity contribution in [2.75, 3.05) is 23.7 Å². The summed E-state index contributed by atoms with van der Waals surface area (Å²) < 4.78 is 0.908. The number of anilines is 2. The number of benzene rings is 2. The second-order valence-electron chi connectivity index (χ2n) is 10.6. The quantitative estimate of drug-likeness (QED) is 0.547. The van der Waals surface area contributed by atoms with Crippen LogP contribution in [0.1, 0.15) is 56.8 Å². The van der Waals surface area contributed by atoms with Gasteiger partial charge in [0.1, 0.15) is 12.1 Å². The number of rotatable bonds is 5. The molecule has 0 aliphatic carbocycles. The van der Waals surface area contributed by atoms with Crippen LogP contribution in [0.25, 0.3) is 0 Å². The maximum absolute atomic E-state index is 13.6. The van der Waals surface area contributed by atoms with E-state index in [1.165, 1.54) is 0 Å². The zero-order chi connectivity index (χ0) is 26.7. The lowest BCUT2D eigenvalue weighted by Gasteiger charge is -2.30. The third-order valence-electron chi connectivity index (χ3n) is 6.80. The third kappa shape index (κ3) is 6.04. The highest BCUT2D eigenvalue weighted by atomic mass is 79.9. The number of hydrogen-bond acceptors (Lipinski definition) is 4. The Morgan fingerprint density at radius 2 is 1.38 bits per heavy atom. The molecule has 0 bridgehead atoms. The molecule has 8 nitrogen and oxygen atoms in total. The van der Waals surface area contributed by atoms with Crippen LogP contribution in [-0.4, -0.2) is 58.6 Å². The highest BCUT2D eigenvalue weighted by Crippen LogP contribution is 2.28. The molecule has 196 valence electrons. The second kappa shape index (κ2) is 11.0. The van der Waals surface area contributed by atoms with Gasteiger partial charge < -0.3 is 20.4 Å². The van der Waals surface area contributed by atoms with Crippen LogP contribution in [0.4, 0.5) is 11.4 Å². The Hall–Kier alpha value is -3.20. The summed E-state index contributed by atoms with van der Waals surface area (Å²) in [6, 6.07) is 12.9. The molecule has 37 heavy (non-hydrogen) atoms. The summed E-state index contributed by atoms with van der Waals surface area (Å²) in [5.41, 5.74) is 0.779. The second-order valence-corrected chi connectivity index (χ2v) is 11.5. The topological polar surface area (TPSA) is 98.8 Å². The Labute approximate surface area is 225 Å². The van der Waals surface area contributed by atoms with E-state index in [4.69, 9.17) is 0 Å². The van der Waals surface area contributed by atoms with Crippen molar-refractivity contribution in [2.45, 2.75) is 58.5 Å². The number of hydrogen-bond donors (Lipinski definition) is 2. The molecule has 2 saturated heterocycles. The Morgan fingerprint density at radius 1 is 0.811 bits per heavy atom. The van der Waals surface area contributed by atoms with Gasteiger partial charge in [0, 0.05) is 28.7 Å². The molecule has 2 aliphatic heterocycles. The van der Waals surface area contributed by atoms with Crippen LogP contribution in [0.2, 0.25) is 0 Å². The molecule has 2 aromatic carbocycles. The highest BCUT2D eigenvalue weighted by molar-refractivity contribution is 9.10. The lowest BCUT2D eigenvalue weighted by molar-refractivity contribution is -0.143. The van der Waals surface area contributed by atoms with Gasteiger partial charge in [0.15, 0.2) is 0 Å². The number of nitrogens with zero attached hydrogens (tertiary/aromatic N) is 2. The molecule has 2 aliphatic rings. The van der Waals surface area contributed by atoms with Crippen LogP contribution < -0.4 is 10.6 Å². The van der Waals surface area contributed by atoms with Gasteiger partial charge in [-0.05, 0) is 62.1 Å². The number of likely N-dealkylation sites (tertiary alicyclic amines) is 2. The van der Waals surface area contributed by atoms with E-state index in [-0.39, 0.29) is 23.6 Å². The SMILES string of the molecule is CC(C)(C)C(=O)N1CCC[C@H]1C(=O)Nc1ccccc1C(=O)N1CCC[C@H]1C(=O)Nc1ccc(Br)cc1. The van der Waals surface area contributed by atoms with Crippen molar-refractivity contribution >= 4 is 50.9 Å². The first-order valence-electron chi connectivity index (χ1n) is 12.6. The maximum atomic E-state index is 13.6. The van der Waals surface area contributed by atoms with Crippen LogP contribution in [0.15, 0.2) is 53.0 Å². The van der Waals surface area contributed by atoms with Gasteiger partial charge >= 0.3 is 0 Å². The van der Waals surface area contributed by atoms with E-state index >= 15 is 0 Å². The van der Waals surface area contributed by atoms with Gasteiger partial charge in [-0.25, -0.2) is 0 Å². The fraction of sp³-hybridized carbons (Fsp3) is 0.429. The Bertz CT molecular complexity index is 1190. The standard InChI is InChI=1S/C28H33BrN4O4/c1-28(2,3)27(37)33-17-7-11-23(33)25(35)31-21-9-5-4-8-20(21)26(36)32-16-6-10-22(32)24(34)30-19-14-12-18(29)13-15-19/h4-5,8-9,12-15,22-23H,6-7,10-11,16-17H2,1-3H3,(H,30,34)(H,31,35)/t22-,23-/m0/s1. The predicted octanol–water partition coefficient (Wildman–Crippen LogP) is 4.67. The molecule has 9 heteroatoms. The molecule has 0 unspecified atom stereocenters. The summed E-state index contributed by atoms with van der Waals surface area (Å²) >= 11 is 3.38. The molecule has 4 amide bonds. The molecular weight excluding hydrogens is 536 g/mol. The summed E-state index contributed by atoms with van der Waals surface area (Å²) in [6.07, 6.45) is 2.61. The molecule has 2 heterocycles. The first-order chi connectivity index (χ1) is 17.6. The van der Waals surface area contributed by atoms with E-state index < -0.39 is 17.5 Å². The zero-order valence-electron chi connectivity index (χ0n) is 21.4. The number of para-hydroxylation sites is 1. The molecular formula is C28H33BrN4O4. The minimum Gasteiger partial charge on any atom is -0.330 e. The molecule has 2 aromatic rings. The maximum Gasteiger partial charge on any atom is 0.256 e. The van der Waals surface area contributed by atoms with Crippen molar-refractivity contribution in [3.8, 4) is 0 Å². The van der Waals surface area contributed by atoms with Crippen LogP contribution in [0.3, 0.4) is 0 Å². The van der Waals surface area contributed by atoms with Gasteiger partial charge in [-0.3, -0.25) is 19.2 Å². The summed E-state index contributed by atoms with van der Waals surface area (Å²) in [5.74, 6) is -0.914. The smallest absolute Gasteiger partial charge is 0.256 e. The van der Waals surface area contributed by atoms with Crippen molar-refractivity contribution < 1.29 is 19.2 Å². The number of nitrogens with one attached hydrogen (secondary N) is 2. The van der Waals surface area contributed by atoms with E-state index in [2.05, 4.69) is 26.6 Å². The Balaban J connectivity index is 1.49. The van der Waals surface area contributed by atoms with Crippen molar-refractivity contribution in [2.24, 2.45) is 5.41 Å². The van der Waals surface area contributed by atoms with E-state index in [9.17, 15) is 19.2 Å². The van der Waals surface area contributed by atoms with Gasteiger partial charge in [-0.1, -0.05) is 48.8 Å². The Kier molecular flexibility index (Phi) is 8.02. The minimum absolute atomic E-state index is 0.0637. The fourth-order valence-electron chi connectivity index (χ4n) is 4.90. The fourth-order valence-corrected chi connectivity index (χ4v) is 5.17. The van der Waals surface area contributed by atoms with Crippen LogP contribution in [-0.2, 0) is 14.4 Å². The van der Waals surface area contributed by atoms with Gasteiger partial charge in [0.25, 0.3) is 5.91 Å². The molecule has 0 radical (unpaired) electrons. The van der Waals surface area contributed by atoms with Crippen LogP contribution in [0.5, 0.6) is 0 Å². The molecule has 0 spiro atoms. The lowest BCUT2D eigenvalue weighted by atomic mass is 9.94. The van der Waals surface area contributed by atoms with E-state index in [1.54, 1.807) is 46.2 Å². The van der Waals surface area contributed by atoms with Crippen molar-refractivity contribution in [3.05, 3.63) is 58.6 Å². The van der Waals surface area contributed by atoms with Crippen molar-refractivity contribution in [1.29, 1.82) is 0 Å². The van der Waals surface area contributed by atoms with Crippen LogP contribution >= 0.6 is 15.9 Å². The highest BCUT2D eigenvalue weighted by Gasteiger charge is 2.39. The van der Waals surface area contributed by atoms with Gasteiger partial charge in [-0.2, -0.15) is 0 Å². The monoisotopic (exact) mass is 568 g/mol. The molecule has 2 fully saturated rings. The average molecular weight is 570 g/mol. The van der Waals surface area contributed by atoms with Crippen LogP contribution in [0, 0.1) is 5.41 Å². The first kappa shape index (κ1) is 26.9. The number of amides is 4. The van der Waals surface area contributed by atoms with Crippen molar-refractivity contribution in [1.82, 2.24) is 9.80 Å². The minimum atomic E-state index is -0.602. The molecule has 2 atom stereocenters. The summed E-state index contributed by atoms with van der Waals surface area (Å²) in [7, 11) is 0. The number of carbonyl (C=O) groups is 4. The van der Waals surface area contributed by atoms with Gasteiger partial charge in [0.2, 0.25) is 17.7 Å². The number of carbonyl (C=O) groups excluding carboxylic acids is 4. The van der Waals surface area contributed by atoms with E-state index in [0.717, 1.165) is 10.9 Å². The Morgan fingerprint density at radius 3 is 2.03 bits per heavy atom. The third-order valence-corrected chi connectivity index (χ3v) is 7.33. The van der Waals surface area contributed by atoms with E-state index in [1.807, 2.05) is 32.9 Å². The van der Waals surface area contributed by atoms with Gasteiger partial charge in [0.05, 0.1) is 11.3 Å². The van der Waals surface area contributed by atoms with Crippen molar-refractivity contribution in [3.63, 3.8) is 0 Å². The predicted molar refractivity (Wildman–Crippen MR) is 146 cm³/mol. The van der Waals surface area contributed by atoms with E-state index in [0.29, 0.717) is 49.3 Å². The largest absolute Gasteiger partial charge is 0.330 e. The zero-order valence-corrected chi connectivity index (χ0v) is 23.0. The van der Waals surface area contributed by atoms with Gasteiger partial charge in [-0.15, -0.1) is 0 Å². The summed E-state index contributed by atoms with van der Waals surface area (Å²) in [6.45, 7) is 6.52. The molecule has 2 N–H and O–H groups in total. The molecule has 0 saturated carbocycles. The first-order valence-corrected chi connectivity index (χ1v) is 13.4. The average Bonchev–Trinajstić information content (AvgIpc) is 3.54. The summed E-state index contributed by atoms with van der Waals surface area (Å²) in [4.78, 5) is 56.0. The number of halogens is 1. The summed E-state index contributed by atoms with van der Waals surface area (Å²) in [5, 5.41) is 5.79. The lowest BCUT2D eigenvalue weighted by Crippen LogP contribution is -2.47.